The molecular weight excluding hydrogens is 380 g/mol. The number of aliphatic imine (C=N–C) groups is 1. The molecule has 0 radical (unpaired) electrons. The van der Waals surface area contributed by atoms with Gasteiger partial charge in [-0.2, -0.15) is 13.2 Å². The molecule has 2 aromatic heterocycles. The highest BCUT2D eigenvalue weighted by Crippen LogP contribution is 2.19. The number of hydrogen-bond donors (Lipinski definition) is 4. The SMILES string of the molecule is CC(C)(NC1C=CNC(c2c[nH]c3ncc(F)cc23)=N1)C(=O)NCC(F)(F)F. The minimum Gasteiger partial charge on any atom is -0.347 e. The molecule has 1 aliphatic heterocycles. The third-order valence-electron chi connectivity index (χ3n) is 4.05. The molecule has 7 nitrogen and oxygen atoms in total. The van der Waals surface area contributed by atoms with Crippen molar-refractivity contribution in [1.82, 2.24) is 25.9 Å². The fourth-order valence-corrected chi connectivity index (χ4v) is 2.68. The number of halogens is 4. The average Bonchev–Trinajstić information content (AvgIpc) is 3.01. The molecule has 3 heterocycles. The van der Waals surface area contributed by atoms with E-state index in [-0.39, 0.29) is 0 Å². The van der Waals surface area contributed by atoms with Crippen LogP contribution in [-0.4, -0.2) is 46.1 Å². The van der Waals surface area contributed by atoms with E-state index >= 15 is 0 Å². The van der Waals surface area contributed by atoms with E-state index in [4.69, 9.17) is 0 Å². The summed E-state index contributed by atoms with van der Waals surface area (Å²) in [4.78, 5) is 23.4. The first-order valence-electron chi connectivity index (χ1n) is 8.32. The van der Waals surface area contributed by atoms with Gasteiger partial charge in [0.25, 0.3) is 0 Å². The lowest BCUT2D eigenvalue weighted by Crippen LogP contribution is -2.57. The Balaban J connectivity index is 1.77. The molecule has 0 fully saturated rings. The van der Waals surface area contributed by atoms with Crippen molar-refractivity contribution < 1.29 is 22.4 Å². The van der Waals surface area contributed by atoms with Gasteiger partial charge in [0, 0.05) is 23.3 Å². The quantitative estimate of drug-likeness (QED) is 0.579. The lowest BCUT2D eigenvalue weighted by atomic mass is 10.0. The number of fused-ring (bicyclic) bond motifs is 1. The highest BCUT2D eigenvalue weighted by molar-refractivity contribution is 6.09. The molecular formula is C17H18F4N6O. The summed E-state index contributed by atoms with van der Waals surface area (Å²) in [6.45, 7) is 1.49. The van der Waals surface area contributed by atoms with Crippen molar-refractivity contribution in [3.05, 3.63) is 42.1 Å². The van der Waals surface area contributed by atoms with Gasteiger partial charge in [-0.25, -0.2) is 14.4 Å². The summed E-state index contributed by atoms with van der Waals surface area (Å²) in [6.07, 6.45) is 0.704. The summed E-state index contributed by atoms with van der Waals surface area (Å²) in [7, 11) is 0. The molecule has 0 aromatic carbocycles. The largest absolute Gasteiger partial charge is 0.405 e. The zero-order valence-corrected chi connectivity index (χ0v) is 15.0. The fourth-order valence-electron chi connectivity index (χ4n) is 2.68. The number of hydrogen-bond acceptors (Lipinski definition) is 5. The summed E-state index contributed by atoms with van der Waals surface area (Å²) < 4.78 is 50.5. The number of carbonyl (C=O) groups excluding carboxylic acids is 1. The van der Waals surface area contributed by atoms with E-state index in [1.54, 1.807) is 18.5 Å². The number of aromatic amines is 1. The van der Waals surface area contributed by atoms with Gasteiger partial charge in [0.2, 0.25) is 5.91 Å². The normalized spacial score (nSPS) is 17.4. The highest BCUT2D eigenvalue weighted by Gasteiger charge is 2.34. The molecule has 3 rings (SSSR count). The molecule has 11 heteroatoms. The van der Waals surface area contributed by atoms with E-state index in [1.165, 1.54) is 19.9 Å². The number of carbonyl (C=O) groups is 1. The second kappa shape index (κ2) is 7.23. The predicted molar refractivity (Wildman–Crippen MR) is 94.9 cm³/mol. The number of rotatable bonds is 5. The summed E-state index contributed by atoms with van der Waals surface area (Å²) in [5, 5.41) is 8.19. The number of aromatic nitrogens is 2. The molecule has 2 aromatic rings. The number of amides is 1. The average molecular weight is 398 g/mol. The summed E-state index contributed by atoms with van der Waals surface area (Å²) in [6, 6.07) is 1.31. The molecule has 1 aliphatic rings. The van der Waals surface area contributed by atoms with Crippen LogP contribution >= 0.6 is 0 Å². The van der Waals surface area contributed by atoms with Crippen LogP contribution in [-0.2, 0) is 4.79 Å². The molecule has 4 N–H and O–H groups in total. The van der Waals surface area contributed by atoms with Crippen LogP contribution in [0.2, 0.25) is 0 Å². The number of amidine groups is 1. The maximum Gasteiger partial charge on any atom is 0.405 e. The molecule has 1 atom stereocenters. The zero-order chi connectivity index (χ0) is 20.5. The third-order valence-corrected chi connectivity index (χ3v) is 4.05. The Morgan fingerprint density at radius 2 is 2.07 bits per heavy atom. The van der Waals surface area contributed by atoms with Crippen molar-refractivity contribution in [2.45, 2.75) is 31.7 Å². The van der Waals surface area contributed by atoms with Crippen LogP contribution in [0, 0.1) is 5.82 Å². The van der Waals surface area contributed by atoms with Crippen molar-refractivity contribution in [2.75, 3.05) is 6.54 Å². The number of pyridine rings is 1. The van der Waals surface area contributed by atoms with Crippen molar-refractivity contribution in [3.8, 4) is 0 Å². The van der Waals surface area contributed by atoms with E-state index in [9.17, 15) is 22.4 Å². The molecule has 0 saturated carbocycles. The van der Waals surface area contributed by atoms with Gasteiger partial charge in [0.1, 0.15) is 30.0 Å². The molecule has 0 bridgehead atoms. The van der Waals surface area contributed by atoms with Crippen LogP contribution < -0.4 is 16.0 Å². The van der Waals surface area contributed by atoms with E-state index < -0.39 is 36.2 Å². The molecule has 28 heavy (non-hydrogen) atoms. The first-order chi connectivity index (χ1) is 13.0. The maximum atomic E-state index is 13.5. The molecule has 150 valence electrons. The molecule has 1 amide bonds. The Hall–Kier alpha value is -2.95. The van der Waals surface area contributed by atoms with E-state index in [2.05, 4.69) is 25.6 Å². The van der Waals surface area contributed by atoms with Crippen molar-refractivity contribution in [3.63, 3.8) is 0 Å². The lowest BCUT2D eigenvalue weighted by Gasteiger charge is -2.29. The third kappa shape index (κ3) is 4.47. The van der Waals surface area contributed by atoms with E-state index in [0.29, 0.717) is 22.4 Å². The van der Waals surface area contributed by atoms with Crippen LogP contribution in [0.4, 0.5) is 17.6 Å². The molecule has 1 unspecified atom stereocenters. The second-order valence-corrected chi connectivity index (χ2v) is 6.75. The number of nitrogens with one attached hydrogen (secondary N) is 4. The van der Waals surface area contributed by atoms with Gasteiger partial charge in [-0.15, -0.1) is 0 Å². The standard InChI is InChI=1S/C17H18F4N6O/c1-16(2,15(28)25-8-17(19,20)21)27-12-3-4-22-14(26-12)11-7-24-13-10(11)5-9(18)6-23-13/h3-7,12,27H,8H2,1-2H3,(H,22,26)(H,23,24)(H,25,28). The number of alkyl halides is 3. The van der Waals surface area contributed by atoms with Crippen LogP contribution in [0.25, 0.3) is 11.0 Å². The highest BCUT2D eigenvalue weighted by atomic mass is 19.4. The Labute approximate surface area is 157 Å². The van der Waals surface area contributed by atoms with Crippen molar-refractivity contribution in [1.29, 1.82) is 0 Å². The fraction of sp³-hybridized carbons (Fsp3) is 0.353. The van der Waals surface area contributed by atoms with Crippen LogP contribution in [0.3, 0.4) is 0 Å². The van der Waals surface area contributed by atoms with Crippen LogP contribution in [0.1, 0.15) is 19.4 Å². The molecule has 0 saturated heterocycles. The van der Waals surface area contributed by atoms with Crippen LogP contribution in [0.5, 0.6) is 0 Å². The minimum atomic E-state index is -4.50. The van der Waals surface area contributed by atoms with Gasteiger partial charge in [0.05, 0.1) is 11.7 Å². The van der Waals surface area contributed by atoms with Gasteiger partial charge in [-0.3, -0.25) is 10.1 Å². The van der Waals surface area contributed by atoms with Gasteiger partial charge >= 0.3 is 6.18 Å². The Morgan fingerprint density at radius 1 is 1.32 bits per heavy atom. The van der Waals surface area contributed by atoms with Crippen LogP contribution in [0.15, 0.2) is 35.7 Å². The first kappa shape index (κ1) is 19.8. The zero-order valence-electron chi connectivity index (χ0n) is 15.0. The lowest BCUT2D eigenvalue weighted by molar-refractivity contribution is -0.141. The van der Waals surface area contributed by atoms with Gasteiger partial charge in [-0.05, 0) is 26.0 Å². The topological polar surface area (TPSA) is 94.2 Å². The monoisotopic (exact) mass is 398 g/mol. The van der Waals surface area contributed by atoms with Gasteiger partial charge < -0.3 is 15.6 Å². The summed E-state index contributed by atoms with van der Waals surface area (Å²) >= 11 is 0. The van der Waals surface area contributed by atoms with E-state index in [0.717, 1.165) is 6.20 Å². The number of nitrogens with zero attached hydrogens (tertiary/aromatic N) is 2. The minimum absolute atomic E-state index is 0.394. The summed E-state index contributed by atoms with van der Waals surface area (Å²) in [5.41, 5.74) is -0.274. The summed E-state index contributed by atoms with van der Waals surface area (Å²) in [5.74, 6) is -0.922. The van der Waals surface area contributed by atoms with Gasteiger partial charge in [0.15, 0.2) is 0 Å². The molecule has 0 aliphatic carbocycles. The Morgan fingerprint density at radius 3 is 2.79 bits per heavy atom. The molecule has 0 spiro atoms. The Bertz CT molecular complexity index is 947. The Kier molecular flexibility index (Phi) is 5.11. The first-order valence-corrected chi connectivity index (χ1v) is 8.32. The van der Waals surface area contributed by atoms with Crippen molar-refractivity contribution in [2.24, 2.45) is 4.99 Å². The number of H-pyrrole nitrogens is 1. The predicted octanol–water partition coefficient (Wildman–Crippen LogP) is 1.94. The van der Waals surface area contributed by atoms with Gasteiger partial charge in [-0.1, -0.05) is 0 Å². The van der Waals surface area contributed by atoms with Crippen molar-refractivity contribution >= 4 is 22.8 Å². The maximum absolute atomic E-state index is 13.5. The van der Waals surface area contributed by atoms with E-state index in [1.807, 2.05) is 5.32 Å². The smallest absolute Gasteiger partial charge is 0.347 e. The second-order valence-electron chi connectivity index (χ2n) is 6.75.